The maximum Gasteiger partial charge on any atom is 0.203 e. The zero-order valence-electron chi connectivity index (χ0n) is 9.60. The molecule has 0 amide bonds. The number of carbonyl (C=O) groups is 1. The summed E-state index contributed by atoms with van der Waals surface area (Å²) in [5.74, 6) is 1.15. The van der Waals surface area contributed by atoms with Crippen LogP contribution in [-0.2, 0) is 0 Å². The maximum atomic E-state index is 11.6. The van der Waals surface area contributed by atoms with Crippen LogP contribution in [0, 0.1) is 0 Å². The lowest BCUT2D eigenvalue weighted by molar-refractivity contribution is 0.0961. The van der Waals surface area contributed by atoms with E-state index in [4.69, 9.17) is 15.2 Å². The Hall–Kier alpha value is -2.08. The number of ether oxygens (including phenoxy) is 2. The van der Waals surface area contributed by atoms with Crippen LogP contribution in [0.15, 0.2) is 17.5 Å². The number of Topliss-reactive ketones (excluding diaryl/α,β-unsaturated/α-hetero) is 1. The van der Waals surface area contributed by atoms with Crippen molar-refractivity contribution in [3.05, 3.63) is 23.1 Å². The van der Waals surface area contributed by atoms with Crippen molar-refractivity contribution in [2.75, 3.05) is 19.5 Å². The van der Waals surface area contributed by atoms with Crippen molar-refractivity contribution in [2.24, 2.45) is 0 Å². The molecule has 92 valence electrons. The van der Waals surface area contributed by atoms with Crippen LogP contribution < -0.4 is 15.2 Å². The Labute approximate surface area is 107 Å². The number of hydrogen-bond donors (Lipinski definition) is 1. The van der Waals surface area contributed by atoms with Gasteiger partial charge < -0.3 is 15.2 Å². The molecule has 1 aromatic heterocycles. The van der Waals surface area contributed by atoms with E-state index < -0.39 is 0 Å². The third kappa shape index (κ3) is 1.62. The number of benzene rings is 1. The fourth-order valence-corrected chi connectivity index (χ4v) is 2.46. The third-order valence-electron chi connectivity index (χ3n) is 2.76. The van der Waals surface area contributed by atoms with Gasteiger partial charge in [0, 0.05) is 17.0 Å². The molecule has 0 radical (unpaired) electrons. The molecule has 0 saturated carbocycles. The smallest absolute Gasteiger partial charge is 0.203 e. The van der Waals surface area contributed by atoms with Crippen molar-refractivity contribution in [3.63, 3.8) is 0 Å². The number of aromatic nitrogens is 1. The number of nitrogens with zero attached hydrogens (tertiary/aromatic N) is 1. The van der Waals surface area contributed by atoms with Crippen LogP contribution in [-0.4, -0.2) is 24.5 Å². The molecular formula is C12H10N2O3S. The summed E-state index contributed by atoms with van der Waals surface area (Å²) < 4.78 is 10.6. The number of hydrogen-bond acceptors (Lipinski definition) is 6. The van der Waals surface area contributed by atoms with E-state index in [1.54, 1.807) is 19.2 Å². The van der Waals surface area contributed by atoms with Gasteiger partial charge in [-0.25, -0.2) is 4.98 Å². The number of carbonyl (C=O) groups excluding carboxylic acids is 1. The molecule has 2 aromatic rings. The second-order valence-corrected chi connectivity index (χ2v) is 4.72. The van der Waals surface area contributed by atoms with Gasteiger partial charge in [0.1, 0.15) is 11.5 Å². The van der Waals surface area contributed by atoms with Gasteiger partial charge in [-0.15, -0.1) is 11.3 Å². The first-order valence-corrected chi connectivity index (χ1v) is 6.16. The van der Waals surface area contributed by atoms with E-state index in [2.05, 4.69) is 4.98 Å². The Bertz CT molecular complexity index is 636. The molecule has 0 unspecified atom stereocenters. The number of rotatable bonds is 2. The second kappa shape index (κ2) is 3.99. The predicted octanol–water partition coefficient (Wildman–Crippen LogP) is 1.98. The number of ketones is 1. The maximum absolute atomic E-state index is 11.6. The molecule has 0 fully saturated rings. The van der Waals surface area contributed by atoms with Crippen molar-refractivity contribution < 1.29 is 14.3 Å². The highest BCUT2D eigenvalue weighted by Gasteiger charge is 2.24. The van der Waals surface area contributed by atoms with Crippen LogP contribution in [0.2, 0.25) is 0 Å². The van der Waals surface area contributed by atoms with E-state index in [0.29, 0.717) is 27.9 Å². The molecule has 0 aliphatic carbocycles. The number of thiazole rings is 1. The minimum atomic E-state index is -0.0305. The number of nitrogen functional groups attached to an aromatic ring is 1. The minimum absolute atomic E-state index is 0.0305. The molecule has 3 rings (SSSR count). The van der Waals surface area contributed by atoms with Crippen molar-refractivity contribution in [1.82, 2.24) is 4.98 Å². The van der Waals surface area contributed by atoms with Gasteiger partial charge in [-0.2, -0.15) is 0 Å². The van der Waals surface area contributed by atoms with Crippen LogP contribution in [0.1, 0.15) is 10.4 Å². The Balaban J connectivity index is 2.19. The zero-order chi connectivity index (χ0) is 12.7. The first-order valence-electron chi connectivity index (χ1n) is 5.28. The Morgan fingerprint density at radius 2 is 2.28 bits per heavy atom. The van der Waals surface area contributed by atoms with E-state index in [1.165, 1.54) is 11.3 Å². The number of anilines is 1. The molecule has 6 heteroatoms. The SMILES string of the molecule is COc1cc2c(cc1-c1csc(N)n1)C(=O)CO2. The average Bonchev–Trinajstić information content (AvgIpc) is 2.95. The molecule has 0 spiro atoms. The predicted molar refractivity (Wildman–Crippen MR) is 68.3 cm³/mol. The fraction of sp³-hybridized carbons (Fsp3) is 0.167. The standard InChI is InChI=1S/C12H10N2O3S/c1-16-10-3-11-7(9(15)4-17-11)2-6(10)8-5-18-12(13)14-8/h2-3,5H,4H2,1H3,(H2,13,14). The summed E-state index contributed by atoms with van der Waals surface area (Å²) in [6.07, 6.45) is 0. The third-order valence-corrected chi connectivity index (χ3v) is 3.43. The average molecular weight is 262 g/mol. The first-order chi connectivity index (χ1) is 8.69. The number of nitrogens with two attached hydrogens (primary N) is 1. The molecule has 1 aromatic carbocycles. The molecule has 1 aliphatic heterocycles. The van der Waals surface area contributed by atoms with Gasteiger partial charge in [0.15, 0.2) is 11.7 Å². The Morgan fingerprint density at radius 1 is 1.44 bits per heavy atom. The van der Waals surface area contributed by atoms with Crippen molar-refractivity contribution in [1.29, 1.82) is 0 Å². The summed E-state index contributed by atoms with van der Waals surface area (Å²) in [7, 11) is 1.57. The van der Waals surface area contributed by atoms with Gasteiger partial charge in [0.25, 0.3) is 0 Å². The molecular weight excluding hydrogens is 252 g/mol. The minimum Gasteiger partial charge on any atom is -0.496 e. The van der Waals surface area contributed by atoms with E-state index >= 15 is 0 Å². The fourth-order valence-electron chi connectivity index (χ4n) is 1.90. The van der Waals surface area contributed by atoms with Gasteiger partial charge in [-0.1, -0.05) is 0 Å². The molecule has 1 aliphatic rings. The summed E-state index contributed by atoms with van der Waals surface area (Å²) in [6, 6.07) is 3.46. The highest BCUT2D eigenvalue weighted by Crippen LogP contribution is 2.38. The first kappa shape index (κ1) is 11.0. The van der Waals surface area contributed by atoms with Gasteiger partial charge in [0.05, 0.1) is 18.4 Å². The molecule has 0 bridgehead atoms. The Kier molecular flexibility index (Phi) is 2.45. The highest BCUT2D eigenvalue weighted by atomic mass is 32.1. The van der Waals surface area contributed by atoms with Gasteiger partial charge >= 0.3 is 0 Å². The monoisotopic (exact) mass is 262 g/mol. The number of methoxy groups -OCH3 is 1. The summed E-state index contributed by atoms with van der Waals surface area (Å²) >= 11 is 1.35. The van der Waals surface area contributed by atoms with E-state index in [1.807, 2.05) is 5.38 Å². The summed E-state index contributed by atoms with van der Waals surface area (Å²) in [5, 5.41) is 2.31. The van der Waals surface area contributed by atoms with E-state index in [-0.39, 0.29) is 12.4 Å². The van der Waals surface area contributed by atoms with Gasteiger partial charge in [0.2, 0.25) is 5.78 Å². The quantitative estimate of drug-likeness (QED) is 0.895. The van der Waals surface area contributed by atoms with Crippen LogP contribution in [0.25, 0.3) is 11.3 Å². The van der Waals surface area contributed by atoms with Crippen molar-refractivity contribution in [3.8, 4) is 22.8 Å². The summed E-state index contributed by atoms with van der Waals surface area (Å²) in [6.45, 7) is 0.0845. The molecule has 0 atom stereocenters. The summed E-state index contributed by atoms with van der Waals surface area (Å²) in [5.41, 5.74) is 7.65. The lowest BCUT2D eigenvalue weighted by Crippen LogP contribution is -1.99. The van der Waals surface area contributed by atoms with Crippen molar-refractivity contribution in [2.45, 2.75) is 0 Å². The van der Waals surface area contributed by atoms with Gasteiger partial charge in [-0.3, -0.25) is 4.79 Å². The van der Waals surface area contributed by atoms with Crippen LogP contribution in [0.4, 0.5) is 5.13 Å². The van der Waals surface area contributed by atoms with Gasteiger partial charge in [-0.05, 0) is 6.07 Å². The summed E-state index contributed by atoms with van der Waals surface area (Å²) in [4.78, 5) is 15.8. The van der Waals surface area contributed by atoms with Crippen LogP contribution in [0.3, 0.4) is 0 Å². The van der Waals surface area contributed by atoms with Crippen LogP contribution >= 0.6 is 11.3 Å². The molecule has 2 heterocycles. The normalized spacial score (nSPS) is 13.3. The highest BCUT2D eigenvalue weighted by molar-refractivity contribution is 7.13. The molecule has 5 nitrogen and oxygen atoms in total. The molecule has 18 heavy (non-hydrogen) atoms. The van der Waals surface area contributed by atoms with E-state index in [0.717, 1.165) is 5.56 Å². The zero-order valence-corrected chi connectivity index (χ0v) is 10.4. The van der Waals surface area contributed by atoms with Crippen molar-refractivity contribution >= 4 is 22.3 Å². The lowest BCUT2D eigenvalue weighted by atomic mass is 10.0. The molecule has 0 saturated heterocycles. The lowest BCUT2D eigenvalue weighted by Gasteiger charge is -2.08. The number of fused-ring (bicyclic) bond motifs is 1. The van der Waals surface area contributed by atoms with E-state index in [9.17, 15) is 4.79 Å². The topological polar surface area (TPSA) is 74.4 Å². The molecule has 2 N–H and O–H groups in total. The van der Waals surface area contributed by atoms with Crippen LogP contribution in [0.5, 0.6) is 11.5 Å². The second-order valence-electron chi connectivity index (χ2n) is 3.83. The Morgan fingerprint density at radius 3 is 2.94 bits per heavy atom. The largest absolute Gasteiger partial charge is 0.496 e.